The van der Waals surface area contributed by atoms with Gasteiger partial charge in [-0.05, 0) is 13.3 Å². The minimum absolute atomic E-state index is 0.0758. The van der Waals surface area contributed by atoms with E-state index in [1.165, 1.54) is 0 Å². The second-order valence-corrected chi connectivity index (χ2v) is 6.69. The summed E-state index contributed by atoms with van der Waals surface area (Å²) < 4.78 is 27.1. The van der Waals surface area contributed by atoms with Crippen LogP contribution >= 0.6 is 0 Å². The van der Waals surface area contributed by atoms with Gasteiger partial charge in [-0.3, -0.25) is 4.79 Å². The van der Waals surface area contributed by atoms with Crippen LogP contribution in [0.25, 0.3) is 0 Å². The fourth-order valence-electron chi connectivity index (χ4n) is 1.56. The Bertz CT molecular complexity index is 619. The highest BCUT2D eigenvalue weighted by Gasteiger charge is 2.25. The highest BCUT2D eigenvalue weighted by molar-refractivity contribution is 7.90. The van der Waals surface area contributed by atoms with E-state index < -0.39 is 27.8 Å². The molecular formula is C11H16N2O6S. The number of aromatic nitrogens is 1. The summed E-state index contributed by atoms with van der Waals surface area (Å²) in [5.41, 5.74) is 0.340. The summed E-state index contributed by atoms with van der Waals surface area (Å²) >= 11 is 0. The molecule has 0 aliphatic carbocycles. The number of aliphatic carboxylic acids is 1. The third-order valence-corrected chi connectivity index (χ3v) is 3.47. The molecule has 1 atom stereocenters. The minimum atomic E-state index is -3.31. The Hall–Kier alpha value is -1.90. The van der Waals surface area contributed by atoms with E-state index in [2.05, 4.69) is 10.3 Å². The molecule has 1 amide bonds. The van der Waals surface area contributed by atoms with Gasteiger partial charge in [0.1, 0.15) is 15.9 Å². The van der Waals surface area contributed by atoms with Gasteiger partial charge in [0.15, 0.2) is 5.89 Å². The highest BCUT2D eigenvalue weighted by atomic mass is 32.2. The topological polar surface area (TPSA) is 127 Å². The Morgan fingerprint density at radius 2 is 2.00 bits per heavy atom. The molecule has 0 aromatic carbocycles. The first-order chi connectivity index (χ1) is 9.10. The van der Waals surface area contributed by atoms with Crippen molar-refractivity contribution in [2.45, 2.75) is 26.3 Å². The Morgan fingerprint density at radius 3 is 2.40 bits per heavy atom. The average molecular weight is 304 g/mol. The van der Waals surface area contributed by atoms with Crippen LogP contribution in [0.15, 0.2) is 4.42 Å². The van der Waals surface area contributed by atoms with Crippen LogP contribution in [0.1, 0.15) is 28.6 Å². The number of carboxylic acid groups (broad SMARTS) is 1. The van der Waals surface area contributed by atoms with Crippen LogP contribution in [0, 0.1) is 13.8 Å². The lowest BCUT2D eigenvalue weighted by Gasteiger charge is -2.13. The van der Waals surface area contributed by atoms with Crippen molar-refractivity contribution >= 4 is 21.7 Å². The maximum Gasteiger partial charge on any atom is 0.326 e. The molecule has 1 unspecified atom stereocenters. The zero-order valence-corrected chi connectivity index (χ0v) is 12.2. The quantitative estimate of drug-likeness (QED) is 0.751. The second kappa shape index (κ2) is 6.04. The number of hydrogen-bond donors (Lipinski definition) is 2. The molecule has 0 aliphatic heterocycles. The van der Waals surface area contributed by atoms with Crippen LogP contribution in [0.2, 0.25) is 0 Å². The number of carbonyl (C=O) groups is 2. The summed E-state index contributed by atoms with van der Waals surface area (Å²) in [4.78, 5) is 26.8. The van der Waals surface area contributed by atoms with E-state index in [1.54, 1.807) is 13.8 Å². The van der Waals surface area contributed by atoms with Crippen molar-refractivity contribution < 1.29 is 27.5 Å². The van der Waals surface area contributed by atoms with Crippen LogP contribution < -0.4 is 5.32 Å². The average Bonchev–Trinajstić information content (AvgIpc) is 2.61. The van der Waals surface area contributed by atoms with Gasteiger partial charge in [0.05, 0.1) is 11.4 Å². The smallest absolute Gasteiger partial charge is 0.326 e. The number of aryl methyl sites for hydroxylation is 2. The largest absolute Gasteiger partial charge is 0.480 e. The van der Waals surface area contributed by atoms with Crippen molar-refractivity contribution in [3.63, 3.8) is 0 Å². The molecule has 0 radical (unpaired) electrons. The molecule has 20 heavy (non-hydrogen) atoms. The summed E-state index contributed by atoms with van der Waals surface area (Å²) in [5.74, 6) is -2.16. The fourth-order valence-corrected chi connectivity index (χ4v) is 2.22. The fraction of sp³-hybridized carbons (Fsp3) is 0.545. The summed E-state index contributed by atoms with van der Waals surface area (Å²) in [6.45, 7) is 3.11. The van der Waals surface area contributed by atoms with Gasteiger partial charge in [0.2, 0.25) is 5.76 Å². The first kappa shape index (κ1) is 16.2. The molecule has 0 fully saturated rings. The molecule has 0 saturated heterocycles. The SMILES string of the molecule is Cc1nc(C)c(C(=O)NC(CCS(C)(=O)=O)C(=O)O)o1. The van der Waals surface area contributed by atoms with Crippen LogP contribution in [0.5, 0.6) is 0 Å². The van der Waals surface area contributed by atoms with Gasteiger partial charge >= 0.3 is 5.97 Å². The number of rotatable bonds is 6. The molecule has 0 bridgehead atoms. The van der Waals surface area contributed by atoms with Crippen molar-refractivity contribution in [2.75, 3.05) is 12.0 Å². The van der Waals surface area contributed by atoms with Crippen molar-refractivity contribution in [1.82, 2.24) is 10.3 Å². The number of carboxylic acids is 1. The van der Waals surface area contributed by atoms with Crippen molar-refractivity contribution in [2.24, 2.45) is 0 Å². The molecule has 112 valence electrons. The summed E-state index contributed by atoms with van der Waals surface area (Å²) in [7, 11) is -3.31. The Kier molecular flexibility index (Phi) is 4.88. The van der Waals surface area contributed by atoms with Gasteiger partial charge < -0.3 is 14.8 Å². The van der Waals surface area contributed by atoms with E-state index in [1.807, 2.05) is 0 Å². The molecule has 0 spiro atoms. The van der Waals surface area contributed by atoms with Gasteiger partial charge in [-0.1, -0.05) is 0 Å². The highest BCUT2D eigenvalue weighted by Crippen LogP contribution is 2.10. The number of oxazole rings is 1. The molecule has 1 rings (SSSR count). The van der Waals surface area contributed by atoms with Gasteiger partial charge in [0.25, 0.3) is 5.91 Å². The van der Waals surface area contributed by atoms with Crippen molar-refractivity contribution in [3.05, 3.63) is 17.3 Å². The predicted octanol–water partition coefficient (Wildman–Crippen LogP) is -0.0909. The van der Waals surface area contributed by atoms with E-state index in [0.29, 0.717) is 5.69 Å². The molecule has 0 saturated carbocycles. The Balaban J connectivity index is 2.78. The third-order valence-electron chi connectivity index (χ3n) is 2.49. The van der Waals surface area contributed by atoms with Crippen LogP contribution in [-0.4, -0.2) is 48.4 Å². The van der Waals surface area contributed by atoms with Crippen LogP contribution in [0.3, 0.4) is 0 Å². The van der Waals surface area contributed by atoms with Crippen molar-refractivity contribution in [3.8, 4) is 0 Å². The molecule has 9 heteroatoms. The molecule has 8 nitrogen and oxygen atoms in total. The van der Waals surface area contributed by atoms with E-state index >= 15 is 0 Å². The summed E-state index contributed by atoms with van der Waals surface area (Å²) in [5, 5.41) is 11.2. The van der Waals surface area contributed by atoms with Gasteiger partial charge in [-0.25, -0.2) is 18.2 Å². The van der Waals surface area contributed by atoms with E-state index in [9.17, 15) is 18.0 Å². The van der Waals surface area contributed by atoms with Crippen LogP contribution in [-0.2, 0) is 14.6 Å². The van der Waals surface area contributed by atoms with E-state index in [0.717, 1.165) is 6.26 Å². The summed E-state index contributed by atoms with van der Waals surface area (Å²) in [6.07, 6.45) is 0.782. The molecule has 0 aliphatic rings. The first-order valence-corrected chi connectivity index (χ1v) is 7.81. The van der Waals surface area contributed by atoms with Gasteiger partial charge in [0, 0.05) is 13.2 Å². The van der Waals surface area contributed by atoms with Gasteiger partial charge in [-0.15, -0.1) is 0 Å². The lowest BCUT2D eigenvalue weighted by molar-refractivity contribution is -0.139. The molecule has 1 aromatic rings. The zero-order chi connectivity index (χ0) is 15.5. The normalized spacial score (nSPS) is 12.9. The number of nitrogens with one attached hydrogen (secondary N) is 1. The number of amides is 1. The number of sulfone groups is 1. The lowest BCUT2D eigenvalue weighted by Crippen LogP contribution is -2.42. The maximum absolute atomic E-state index is 11.9. The third kappa shape index (κ3) is 4.65. The van der Waals surface area contributed by atoms with Crippen molar-refractivity contribution in [1.29, 1.82) is 0 Å². The Labute approximate surface area is 116 Å². The number of hydrogen-bond acceptors (Lipinski definition) is 6. The van der Waals surface area contributed by atoms with E-state index in [-0.39, 0.29) is 23.8 Å². The molecule has 1 aromatic heterocycles. The minimum Gasteiger partial charge on any atom is -0.480 e. The number of nitrogens with zero attached hydrogens (tertiary/aromatic N) is 1. The number of carbonyl (C=O) groups excluding carboxylic acids is 1. The van der Waals surface area contributed by atoms with E-state index in [4.69, 9.17) is 9.52 Å². The monoisotopic (exact) mass is 304 g/mol. The first-order valence-electron chi connectivity index (χ1n) is 5.75. The predicted molar refractivity (Wildman–Crippen MR) is 69.2 cm³/mol. The zero-order valence-electron chi connectivity index (χ0n) is 11.3. The molecular weight excluding hydrogens is 288 g/mol. The standard InChI is InChI=1S/C11H16N2O6S/c1-6-9(19-7(2)12-6)10(14)13-8(11(15)16)4-5-20(3,17)18/h8H,4-5H2,1-3H3,(H,13,14)(H,15,16). The molecule has 1 heterocycles. The second-order valence-electron chi connectivity index (χ2n) is 4.43. The molecule has 2 N–H and O–H groups in total. The Morgan fingerprint density at radius 1 is 1.40 bits per heavy atom. The van der Waals surface area contributed by atoms with Crippen LogP contribution in [0.4, 0.5) is 0 Å². The van der Waals surface area contributed by atoms with Gasteiger partial charge in [-0.2, -0.15) is 0 Å². The lowest BCUT2D eigenvalue weighted by atomic mass is 10.2. The maximum atomic E-state index is 11.9. The summed E-state index contributed by atoms with van der Waals surface area (Å²) in [6, 6.07) is -1.30.